The van der Waals surface area contributed by atoms with Gasteiger partial charge in [0.1, 0.15) is 0 Å². The van der Waals surface area contributed by atoms with E-state index in [9.17, 15) is 9.59 Å². The topological polar surface area (TPSA) is 55.4 Å². The number of anilines is 1. The highest BCUT2D eigenvalue weighted by atomic mass is 16.5. The number of benzene rings is 1. The number of hydrogen-bond acceptors (Lipinski definition) is 3. The molecule has 0 unspecified atom stereocenters. The van der Waals surface area contributed by atoms with E-state index in [-0.39, 0.29) is 11.7 Å². The summed E-state index contributed by atoms with van der Waals surface area (Å²) < 4.78 is 5.50. The van der Waals surface area contributed by atoms with E-state index in [1.54, 1.807) is 24.3 Å². The second-order valence-electron chi connectivity index (χ2n) is 5.30. The molecule has 1 N–H and O–H groups in total. The Morgan fingerprint density at radius 3 is 2.45 bits per heavy atom. The van der Waals surface area contributed by atoms with Gasteiger partial charge in [-0.2, -0.15) is 0 Å². The fraction of sp³-hybridized carbons (Fsp3) is 0.500. The molecule has 2 rings (SSSR count). The molecule has 1 amide bonds. The Kier molecular flexibility index (Phi) is 4.90. The van der Waals surface area contributed by atoms with Crippen LogP contribution in [0.4, 0.5) is 5.69 Å². The maximum absolute atomic E-state index is 12.1. The molecule has 1 aromatic carbocycles. The molecule has 1 aromatic rings. The molecule has 0 aliphatic heterocycles. The van der Waals surface area contributed by atoms with Crippen LogP contribution in [0.15, 0.2) is 24.3 Å². The molecule has 1 aliphatic rings. The minimum absolute atomic E-state index is 0.111. The first-order valence-corrected chi connectivity index (χ1v) is 7.11. The van der Waals surface area contributed by atoms with E-state index >= 15 is 0 Å². The van der Waals surface area contributed by atoms with Gasteiger partial charge in [0, 0.05) is 31.2 Å². The molecule has 0 atom stereocenters. The summed E-state index contributed by atoms with van der Waals surface area (Å²) >= 11 is 0. The lowest BCUT2D eigenvalue weighted by Crippen LogP contribution is -2.32. The van der Waals surface area contributed by atoms with E-state index in [1.165, 1.54) is 6.92 Å². The zero-order valence-electron chi connectivity index (χ0n) is 12.0. The smallest absolute Gasteiger partial charge is 0.221 e. The van der Waals surface area contributed by atoms with Crippen molar-refractivity contribution in [3.8, 4) is 0 Å². The van der Waals surface area contributed by atoms with Crippen molar-refractivity contribution in [2.24, 2.45) is 5.92 Å². The fourth-order valence-corrected chi connectivity index (χ4v) is 2.54. The minimum atomic E-state index is -0.111. The first-order chi connectivity index (χ1) is 9.58. The number of ketones is 1. The zero-order valence-corrected chi connectivity index (χ0v) is 12.0. The van der Waals surface area contributed by atoms with E-state index in [1.807, 2.05) is 6.92 Å². The van der Waals surface area contributed by atoms with Gasteiger partial charge in [-0.25, -0.2) is 0 Å². The Hall–Kier alpha value is -1.68. The van der Waals surface area contributed by atoms with Crippen molar-refractivity contribution in [2.45, 2.75) is 39.2 Å². The molecular formula is C16H21NO3. The Morgan fingerprint density at radius 2 is 1.90 bits per heavy atom. The second kappa shape index (κ2) is 6.66. The van der Waals surface area contributed by atoms with Gasteiger partial charge in [-0.15, -0.1) is 0 Å². The van der Waals surface area contributed by atoms with Crippen LogP contribution in [0, 0.1) is 5.92 Å². The summed E-state index contributed by atoms with van der Waals surface area (Å²) in [5.74, 6) is 0.508. The predicted octanol–water partition coefficient (Wildman–Crippen LogP) is 3.03. The van der Waals surface area contributed by atoms with Gasteiger partial charge in [0.25, 0.3) is 0 Å². The monoisotopic (exact) mass is 275 g/mol. The van der Waals surface area contributed by atoms with Crippen LogP contribution in [-0.4, -0.2) is 24.4 Å². The summed E-state index contributed by atoms with van der Waals surface area (Å²) in [6, 6.07) is 7.06. The number of Topliss-reactive ketones (excluding diaryl/α,β-unsaturated/α-hetero) is 1. The van der Waals surface area contributed by atoms with Gasteiger partial charge >= 0.3 is 0 Å². The van der Waals surface area contributed by atoms with Crippen LogP contribution in [0.2, 0.25) is 0 Å². The molecule has 4 heteroatoms. The van der Waals surface area contributed by atoms with Crippen LogP contribution in [0.25, 0.3) is 0 Å². The molecule has 4 nitrogen and oxygen atoms in total. The van der Waals surface area contributed by atoms with E-state index < -0.39 is 0 Å². The maximum Gasteiger partial charge on any atom is 0.221 e. The Morgan fingerprint density at radius 1 is 1.25 bits per heavy atom. The van der Waals surface area contributed by atoms with Crippen LogP contribution >= 0.6 is 0 Å². The molecule has 1 fully saturated rings. The predicted molar refractivity (Wildman–Crippen MR) is 77.8 cm³/mol. The largest absolute Gasteiger partial charge is 0.378 e. The van der Waals surface area contributed by atoms with Crippen LogP contribution in [0.3, 0.4) is 0 Å². The molecule has 0 bridgehead atoms. The van der Waals surface area contributed by atoms with Gasteiger partial charge in [-0.1, -0.05) is 0 Å². The van der Waals surface area contributed by atoms with Crippen LogP contribution in [0.1, 0.15) is 43.5 Å². The van der Waals surface area contributed by atoms with Gasteiger partial charge in [-0.05, 0) is 49.9 Å². The fourth-order valence-electron chi connectivity index (χ4n) is 2.54. The van der Waals surface area contributed by atoms with Gasteiger partial charge in [0.05, 0.1) is 6.10 Å². The van der Waals surface area contributed by atoms with Crippen molar-refractivity contribution in [1.29, 1.82) is 0 Å². The molecule has 108 valence electrons. The van der Waals surface area contributed by atoms with Gasteiger partial charge in [0.15, 0.2) is 5.78 Å². The van der Waals surface area contributed by atoms with E-state index in [2.05, 4.69) is 5.32 Å². The van der Waals surface area contributed by atoms with Crippen molar-refractivity contribution in [3.63, 3.8) is 0 Å². The highest BCUT2D eigenvalue weighted by Crippen LogP contribution is 2.33. The number of hydrogen-bond donors (Lipinski definition) is 1. The summed E-state index contributed by atoms with van der Waals surface area (Å²) in [6.45, 7) is 4.20. The number of ether oxygens (including phenoxy) is 1. The number of nitrogens with one attached hydrogen (secondary N) is 1. The van der Waals surface area contributed by atoms with Crippen molar-refractivity contribution >= 4 is 17.4 Å². The molecule has 0 aromatic heterocycles. The second-order valence-corrected chi connectivity index (χ2v) is 5.30. The third-order valence-corrected chi connectivity index (χ3v) is 3.60. The van der Waals surface area contributed by atoms with E-state index in [0.717, 1.165) is 19.4 Å². The third-order valence-electron chi connectivity index (χ3n) is 3.60. The zero-order chi connectivity index (χ0) is 14.5. The van der Waals surface area contributed by atoms with E-state index in [4.69, 9.17) is 4.74 Å². The summed E-state index contributed by atoms with van der Waals surface area (Å²) in [6.07, 6.45) is 2.91. The standard InChI is InChI=1S/C16H21NO3/c1-3-20-15-8-12(9-15)10-16(19)13-4-6-14(7-5-13)17-11(2)18/h4-7,12,15H,3,8-10H2,1-2H3,(H,17,18). The SMILES string of the molecule is CCOC1CC(CC(=O)c2ccc(NC(C)=O)cc2)C1. The van der Waals surface area contributed by atoms with Gasteiger partial charge < -0.3 is 10.1 Å². The van der Waals surface area contributed by atoms with Crippen LogP contribution < -0.4 is 5.32 Å². The average molecular weight is 275 g/mol. The first kappa shape index (κ1) is 14.7. The Labute approximate surface area is 119 Å². The van der Waals surface area contributed by atoms with Crippen molar-refractivity contribution in [2.75, 3.05) is 11.9 Å². The highest BCUT2D eigenvalue weighted by molar-refractivity contribution is 5.97. The van der Waals surface area contributed by atoms with Crippen molar-refractivity contribution < 1.29 is 14.3 Å². The lowest BCUT2D eigenvalue weighted by atomic mass is 9.78. The molecule has 0 heterocycles. The van der Waals surface area contributed by atoms with Crippen LogP contribution in [0.5, 0.6) is 0 Å². The first-order valence-electron chi connectivity index (χ1n) is 7.11. The highest BCUT2D eigenvalue weighted by Gasteiger charge is 2.31. The normalized spacial score (nSPS) is 21.1. The molecule has 20 heavy (non-hydrogen) atoms. The number of amides is 1. The summed E-state index contributed by atoms with van der Waals surface area (Å²) in [4.78, 5) is 23.0. The summed E-state index contributed by atoms with van der Waals surface area (Å²) in [7, 11) is 0. The van der Waals surface area contributed by atoms with Gasteiger partial charge in [-0.3, -0.25) is 9.59 Å². The molecular weight excluding hydrogens is 254 g/mol. The molecule has 0 radical (unpaired) electrons. The average Bonchev–Trinajstić information content (AvgIpc) is 2.36. The molecule has 1 aliphatic carbocycles. The number of carbonyl (C=O) groups is 2. The van der Waals surface area contributed by atoms with E-state index in [0.29, 0.717) is 29.7 Å². The number of carbonyl (C=O) groups excluding carboxylic acids is 2. The van der Waals surface area contributed by atoms with Crippen molar-refractivity contribution in [3.05, 3.63) is 29.8 Å². The lowest BCUT2D eigenvalue weighted by molar-refractivity contribution is -0.114. The van der Waals surface area contributed by atoms with Crippen LogP contribution in [-0.2, 0) is 9.53 Å². The maximum atomic E-state index is 12.1. The molecule has 0 spiro atoms. The number of rotatable bonds is 6. The summed E-state index contributed by atoms with van der Waals surface area (Å²) in [5.41, 5.74) is 1.42. The summed E-state index contributed by atoms with van der Waals surface area (Å²) in [5, 5.41) is 2.69. The molecule has 0 saturated heterocycles. The quantitative estimate of drug-likeness (QED) is 0.812. The van der Waals surface area contributed by atoms with Crippen molar-refractivity contribution in [1.82, 2.24) is 0 Å². The Balaban J connectivity index is 1.82. The minimum Gasteiger partial charge on any atom is -0.378 e. The van der Waals surface area contributed by atoms with Gasteiger partial charge in [0.2, 0.25) is 5.91 Å². The third kappa shape index (κ3) is 3.90. The molecule has 1 saturated carbocycles. The lowest BCUT2D eigenvalue weighted by Gasteiger charge is -2.34. The Bertz CT molecular complexity index is 475.